The van der Waals surface area contributed by atoms with Gasteiger partial charge in [-0.05, 0) is 53.9 Å². The molecular weight excluding hydrogens is 268 g/mol. The maximum absolute atomic E-state index is 11.1. The molecule has 0 bridgehead atoms. The standard InChI is InChI=1S/C9H18O2.C8H16O2/c1-7(2)6-11-8(10)9(3,4)5;1-5-6-10-7(9)8(2,3)4/h7H,6H2,1-5H3;5-6H2,1-4H3. The highest BCUT2D eigenvalue weighted by molar-refractivity contribution is 5.75. The Morgan fingerprint density at radius 2 is 1.24 bits per heavy atom. The van der Waals surface area contributed by atoms with Gasteiger partial charge in [-0.1, -0.05) is 20.8 Å². The monoisotopic (exact) mass is 302 g/mol. The van der Waals surface area contributed by atoms with Crippen molar-refractivity contribution in [2.45, 2.75) is 68.7 Å². The third kappa shape index (κ3) is 13.7. The molecule has 0 aromatic heterocycles. The molecule has 0 atom stereocenters. The first kappa shape index (κ1) is 22.2. The Hall–Kier alpha value is -1.06. The van der Waals surface area contributed by atoms with Gasteiger partial charge in [-0.25, -0.2) is 0 Å². The van der Waals surface area contributed by atoms with E-state index in [0.29, 0.717) is 19.1 Å². The molecule has 126 valence electrons. The molecule has 0 radical (unpaired) electrons. The van der Waals surface area contributed by atoms with Crippen LogP contribution in [-0.4, -0.2) is 25.2 Å². The zero-order chi connectivity index (χ0) is 17.3. The van der Waals surface area contributed by atoms with Crippen molar-refractivity contribution in [3.8, 4) is 0 Å². The van der Waals surface area contributed by atoms with Gasteiger partial charge >= 0.3 is 11.9 Å². The highest BCUT2D eigenvalue weighted by Gasteiger charge is 2.23. The summed E-state index contributed by atoms with van der Waals surface area (Å²) in [4.78, 5) is 22.1. The zero-order valence-electron chi connectivity index (χ0n) is 15.3. The molecule has 0 aliphatic heterocycles. The highest BCUT2D eigenvalue weighted by Crippen LogP contribution is 2.15. The van der Waals surface area contributed by atoms with Gasteiger partial charge in [-0.2, -0.15) is 0 Å². The van der Waals surface area contributed by atoms with Crippen LogP contribution in [0.5, 0.6) is 0 Å². The van der Waals surface area contributed by atoms with E-state index in [-0.39, 0.29) is 22.8 Å². The molecule has 4 heteroatoms. The lowest BCUT2D eigenvalue weighted by Gasteiger charge is -2.17. The average Bonchev–Trinajstić information content (AvgIpc) is 2.31. The summed E-state index contributed by atoms with van der Waals surface area (Å²) in [5.74, 6) is 0.182. The third-order valence-corrected chi connectivity index (χ3v) is 2.21. The lowest BCUT2D eigenvalue weighted by Crippen LogP contribution is -2.24. The van der Waals surface area contributed by atoms with Crippen LogP contribution in [0.2, 0.25) is 0 Å². The Bertz CT molecular complexity index is 306. The number of carbonyl (C=O) groups is 2. The van der Waals surface area contributed by atoms with Crippen molar-refractivity contribution in [3.05, 3.63) is 0 Å². The molecule has 0 aromatic carbocycles. The van der Waals surface area contributed by atoms with Crippen molar-refractivity contribution in [2.75, 3.05) is 13.2 Å². The van der Waals surface area contributed by atoms with Gasteiger partial charge in [0.05, 0.1) is 24.0 Å². The van der Waals surface area contributed by atoms with Gasteiger partial charge in [0.15, 0.2) is 0 Å². The lowest BCUT2D eigenvalue weighted by atomic mass is 9.97. The lowest BCUT2D eigenvalue weighted by molar-refractivity contribution is -0.154. The van der Waals surface area contributed by atoms with Crippen LogP contribution >= 0.6 is 0 Å². The first-order valence-corrected chi connectivity index (χ1v) is 7.66. The van der Waals surface area contributed by atoms with Crippen LogP contribution in [0.4, 0.5) is 0 Å². The summed E-state index contributed by atoms with van der Waals surface area (Å²) in [5, 5.41) is 0. The smallest absolute Gasteiger partial charge is 0.311 e. The summed E-state index contributed by atoms with van der Waals surface area (Å²) in [6.07, 6.45) is 0.891. The summed E-state index contributed by atoms with van der Waals surface area (Å²) in [6.45, 7) is 18.2. The average molecular weight is 302 g/mol. The van der Waals surface area contributed by atoms with E-state index in [9.17, 15) is 9.59 Å². The number of rotatable bonds is 4. The van der Waals surface area contributed by atoms with Crippen LogP contribution in [0, 0.1) is 16.7 Å². The summed E-state index contributed by atoms with van der Waals surface area (Å²) >= 11 is 0. The second-order valence-electron chi connectivity index (χ2n) is 7.63. The van der Waals surface area contributed by atoms with E-state index in [4.69, 9.17) is 9.47 Å². The highest BCUT2D eigenvalue weighted by atomic mass is 16.5. The summed E-state index contributed by atoms with van der Waals surface area (Å²) in [5.41, 5.74) is -0.718. The van der Waals surface area contributed by atoms with Gasteiger partial charge in [-0.3, -0.25) is 9.59 Å². The van der Waals surface area contributed by atoms with Gasteiger partial charge < -0.3 is 9.47 Å². The zero-order valence-corrected chi connectivity index (χ0v) is 15.3. The molecule has 0 saturated carbocycles. The van der Waals surface area contributed by atoms with Crippen molar-refractivity contribution in [2.24, 2.45) is 16.7 Å². The van der Waals surface area contributed by atoms with Crippen LogP contribution < -0.4 is 0 Å². The van der Waals surface area contributed by atoms with Crippen LogP contribution in [0.15, 0.2) is 0 Å². The molecule has 0 spiro atoms. The Balaban J connectivity index is 0. The summed E-state index contributed by atoms with van der Waals surface area (Å²) in [6, 6.07) is 0. The van der Waals surface area contributed by atoms with E-state index in [1.807, 2.05) is 62.3 Å². The number of hydrogen-bond acceptors (Lipinski definition) is 4. The number of ether oxygens (including phenoxy) is 2. The van der Waals surface area contributed by atoms with E-state index < -0.39 is 0 Å². The molecule has 0 unspecified atom stereocenters. The fourth-order valence-corrected chi connectivity index (χ4v) is 0.870. The van der Waals surface area contributed by atoms with Crippen LogP contribution in [0.3, 0.4) is 0 Å². The number of carbonyl (C=O) groups excluding carboxylic acids is 2. The van der Waals surface area contributed by atoms with E-state index in [1.54, 1.807) is 0 Å². The minimum absolute atomic E-state index is 0.116. The minimum Gasteiger partial charge on any atom is -0.465 e. The first-order chi connectivity index (χ1) is 9.32. The van der Waals surface area contributed by atoms with Crippen molar-refractivity contribution >= 4 is 11.9 Å². The molecule has 0 heterocycles. The van der Waals surface area contributed by atoms with Crippen LogP contribution in [0.25, 0.3) is 0 Å². The van der Waals surface area contributed by atoms with Gasteiger partial charge in [0.1, 0.15) is 0 Å². The Morgan fingerprint density at radius 1 is 0.857 bits per heavy atom. The second-order valence-corrected chi connectivity index (χ2v) is 7.63. The topological polar surface area (TPSA) is 52.6 Å². The molecule has 0 amide bonds. The molecule has 0 saturated heterocycles. The normalized spacial score (nSPS) is 11.5. The number of hydrogen-bond donors (Lipinski definition) is 0. The predicted octanol–water partition coefficient (Wildman–Crippen LogP) is 4.22. The maximum Gasteiger partial charge on any atom is 0.311 e. The molecular formula is C17H34O4. The molecule has 0 N–H and O–H groups in total. The van der Waals surface area contributed by atoms with Crippen molar-refractivity contribution in [1.82, 2.24) is 0 Å². The molecule has 0 rings (SSSR count). The predicted molar refractivity (Wildman–Crippen MR) is 86.0 cm³/mol. The molecule has 4 nitrogen and oxygen atoms in total. The van der Waals surface area contributed by atoms with Crippen molar-refractivity contribution in [3.63, 3.8) is 0 Å². The fraction of sp³-hybridized carbons (Fsp3) is 0.882. The van der Waals surface area contributed by atoms with Crippen molar-refractivity contribution < 1.29 is 19.1 Å². The van der Waals surface area contributed by atoms with Gasteiger partial charge in [0, 0.05) is 0 Å². The van der Waals surface area contributed by atoms with Crippen molar-refractivity contribution in [1.29, 1.82) is 0 Å². The van der Waals surface area contributed by atoms with E-state index in [2.05, 4.69) is 0 Å². The Labute approximate surface area is 130 Å². The second kappa shape index (κ2) is 9.80. The summed E-state index contributed by atoms with van der Waals surface area (Å²) < 4.78 is 9.95. The van der Waals surface area contributed by atoms with Crippen LogP contribution in [0.1, 0.15) is 68.7 Å². The quantitative estimate of drug-likeness (QED) is 0.730. The van der Waals surface area contributed by atoms with Gasteiger partial charge in [-0.15, -0.1) is 0 Å². The Morgan fingerprint density at radius 3 is 1.52 bits per heavy atom. The molecule has 0 fully saturated rings. The summed E-state index contributed by atoms with van der Waals surface area (Å²) in [7, 11) is 0. The largest absolute Gasteiger partial charge is 0.465 e. The molecule has 21 heavy (non-hydrogen) atoms. The SMILES string of the molecule is CC(C)COC(=O)C(C)(C)C.CCCOC(=O)C(C)(C)C. The van der Waals surface area contributed by atoms with Gasteiger partial charge in [0.25, 0.3) is 0 Å². The van der Waals surface area contributed by atoms with E-state index in [0.717, 1.165) is 6.42 Å². The minimum atomic E-state index is -0.366. The first-order valence-electron chi connectivity index (χ1n) is 7.66. The van der Waals surface area contributed by atoms with E-state index in [1.165, 1.54) is 0 Å². The Kier molecular flexibility index (Phi) is 10.4. The van der Waals surface area contributed by atoms with Gasteiger partial charge in [0.2, 0.25) is 0 Å². The van der Waals surface area contributed by atoms with E-state index >= 15 is 0 Å². The molecule has 0 aliphatic rings. The van der Waals surface area contributed by atoms with Crippen LogP contribution in [-0.2, 0) is 19.1 Å². The molecule has 0 aromatic rings. The number of esters is 2. The third-order valence-electron chi connectivity index (χ3n) is 2.21. The maximum atomic E-state index is 11.1. The molecule has 0 aliphatic carbocycles. The fourth-order valence-electron chi connectivity index (χ4n) is 0.870.